The molecule has 1 aromatic heterocycles. The van der Waals surface area contributed by atoms with Crippen molar-refractivity contribution < 1.29 is 4.79 Å². The maximum Gasteiger partial charge on any atom is 0.262 e. The number of rotatable bonds is 7. The van der Waals surface area contributed by atoms with E-state index in [1.54, 1.807) is 0 Å². The number of thioether (sulfide) groups is 1. The summed E-state index contributed by atoms with van der Waals surface area (Å²) >= 11 is 1.39. The molecule has 4 rings (SSSR count). The van der Waals surface area contributed by atoms with Gasteiger partial charge in [0.05, 0.1) is 16.7 Å². The van der Waals surface area contributed by atoms with Gasteiger partial charge >= 0.3 is 0 Å². The zero-order chi connectivity index (χ0) is 21.1. The molecule has 2 aromatic carbocycles. The summed E-state index contributed by atoms with van der Waals surface area (Å²) in [4.78, 5) is 32.6. The van der Waals surface area contributed by atoms with Gasteiger partial charge in [0.2, 0.25) is 0 Å². The van der Waals surface area contributed by atoms with Gasteiger partial charge in [0.25, 0.3) is 5.56 Å². The lowest BCUT2D eigenvalue weighted by Gasteiger charge is -2.18. The third-order valence-corrected chi connectivity index (χ3v) is 6.69. The SMILES string of the molecule is CN(C)c1ccc(CC(=O)CSc2nc3ccccc3c(=O)n2C2CCCC2)cc1. The molecule has 1 saturated carbocycles. The molecule has 1 aliphatic rings. The maximum absolute atomic E-state index is 13.2. The van der Waals surface area contributed by atoms with Crippen LogP contribution in [0, 0.1) is 0 Å². The summed E-state index contributed by atoms with van der Waals surface area (Å²) in [6.45, 7) is 0. The molecule has 1 heterocycles. The molecule has 3 aromatic rings. The zero-order valence-corrected chi connectivity index (χ0v) is 18.3. The molecule has 0 atom stereocenters. The van der Waals surface area contributed by atoms with Gasteiger partial charge in [-0.1, -0.05) is 48.9 Å². The van der Waals surface area contributed by atoms with Crippen LogP contribution in [0.4, 0.5) is 5.69 Å². The first kappa shape index (κ1) is 20.7. The average Bonchev–Trinajstić information content (AvgIpc) is 3.27. The molecule has 1 aliphatic carbocycles. The average molecular weight is 422 g/mol. The van der Waals surface area contributed by atoms with Crippen molar-refractivity contribution in [1.82, 2.24) is 9.55 Å². The Balaban J connectivity index is 1.53. The smallest absolute Gasteiger partial charge is 0.262 e. The molecule has 1 fully saturated rings. The summed E-state index contributed by atoms with van der Waals surface area (Å²) < 4.78 is 1.85. The molecule has 156 valence electrons. The van der Waals surface area contributed by atoms with Crippen molar-refractivity contribution in [3.63, 3.8) is 0 Å². The topological polar surface area (TPSA) is 55.2 Å². The van der Waals surface area contributed by atoms with Gasteiger partial charge in [0.15, 0.2) is 5.16 Å². The van der Waals surface area contributed by atoms with Gasteiger partial charge in [-0.3, -0.25) is 14.2 Å². The van der Waals surface area contributed by atoms with Gasteiger partial charge in [-0.25, -0.2) is 4.98 Å². The monoisotopic (exact) mass is 421 g/mol. The number of nitrogens with zero attached hydrogens (tertiary/aromatic N) is 3. The number of anilines is 1. The Labute approximate surface area is 181 Å². The number of fused-ring (bicyclic) bond motifs is 1. The van der Waals surface area contributed by atoms with Crippen LogP contribution in [0.2, 0.25) is 0 Å². The molecular weight excluding hydrogens is 394 g/mol. The molecule has 0 amide bonds. The first-order valence-electron chi connectivity index (χ1n) is 10.4. The Bertz CT molecular complexity index is 1100. The summed E-state index contributed by atoms with van der Waals surface area (Å²) in [6.07, 6.45) is 4.66. The molecule has 0 N–H and O–H groups in total. The van der Waals surface area contributed by atoms with Crippen molar-refractivity contribution in [3.8, 4) is 0 Å². The summed E-state index contributed by atoms with van der Waals surface area (Å²) in [7, 11) is 3.99. The predicted molar refractivity (Wildman–Crippen MR) is 124 cm³/mol. The van der Waals surface area contributed by atoms with Gasteiger partial charge < -0.3 is 4.90 Å². The Kier molecular flexibility index (Phi) is 6.23. The number of para-hydroxylation sites is 1. The second kappa shape index (κ2) is 9.04. The Morgan fingerprint density at radius 3 is 2.50 bits per heavy atom. The quantitative estimate of drug-likeness (QED) is 0.416. The third-order valence-electron chi connectivity index (χ3n) is 5.68. The van der Waals surface area contributed by atoms with E-state index >= 15 is 0 Å². The number of aromatic nitrogens is 2. The predicted octanol–water partition coefficient (Wildman–Crippen LogP) is 4.48. The number of benzene rings is 2. The first-order valence-corrected chi connectivity index (χ1v) is 11.4. The highest BCUT2D eigenvalue weighted by Crippen LogP contribution is 2.32. The van der Waals surface area contributed by atoms with E-state index in [9.17, 15) is 9.59 Å². The molecule has 0 saturated heterocycles. The molecule has 0 aliphatic heterocycles. The summed E-state index contributed by atoms with van der Waals surface area (Å²) in [6, 6.07) is 15.7. The first-order chi connectivity index (χ1) is 14.5. The minimum absolute atomic E-state index is 0.0155. The van der Waals surface area contributed by atoms with E-state index in [-0.39, 0.29) is 17.4 Å². The highest BCUT2D eigenvalue weighted by Gasteiger charge is 2.23. The fourth-order valence-electron chi connectivity index (χ4n) is 4.05. The van der Waals surface area contributed by atoms with Crippen LogP contribution in [0.3, 0.4) is 0 Å². The second-order valence-corrected chi connectivity index (χ2v) is 9.03. The van der Waals surface area contributed by atoms with Crippen LogP contribution in [0.5, 0.6) is 0 Å². The highest BCUT2D eigenvalue weighted by molar-refractivity contribution is 7.99. The fraction of sp³-hybridized carbons (Fsp3) is 0.375. The molecular formula is C24H27N3O2S. The largest absolute Gasteiger partial charge is 0.378 e. The Morgan fingerprint density at radius 2 is 1.80 bits per heavy atom. The molecule has 0 radical (unpaired) electrons. The highest BCUT2D eigenvalue weighted by atomic mass is 32.2. The van der Waals surface area contributed by atoms with E-state index in [2.05, 4.69) is 0 Å². The van der Waals surface area contributed by atoms with E-state index in [4.69, 9.17) is 4.98 Å². The van der Waals surface area contributed by atoms with Crippen molar-refractivity contribution >= 4 is 34.1 Å². The molecule has 0 spiro atoms. The number of Topliss-reactive ketones (excluding diaryl/α,β-unsaturated/α-hetero) is 1. The normalized spacial score (nSPS) is 14.3. The van der Waals surface area contributed by atoms with Gasteiger partial charge in [-0.2, -0.15) is 0 Å². The lowest BCUT2D eigenvalue weighted by molar-refractivity contribution is -0.116. The Hall–Kier alpha value is -2.60. The summed E-state index contributed by atoms with van der Waals surface area (Å²) in [5, 5.41) is 1.32. The number of carbonyl (C=O) groups is 1. The van der Waals surface area contributed by atoms with Crippen LogP contribution in [-0.4, -0.2) is 35.2 Å². The minimum atomic E-state index is 0.0155. The van der Waals surface area contributed by atoms with E-state index in [0.717, 1.165) is 36.9 Å². The lowest BCUT2D eigenvalue weighted by Crippen LogP contribution is -2.26. The van der Waals surface area contributed by atoms with Gasteiger partial charge in [-0.15, -0.1) is 0 Å². The van der Waals surface area contributed by atoms with Crippen molar-refractivity contribution in [2.24, 2.45) is 0 Å². The van der Waals surface area contributed by atoms with Gasteiger partial charge in [0, 0.05) is 32.2 Å². The number of hydrogen-bond donors (Lipinski definition) is 0. The second-order valence-electron chi connectivity index (χ2n) is 8.09. The van der Waals surface area contributed by atoms with Crippen LogP contribution < -0.4 is 10.5 Å². The van der Waals surface area contributed by atoms with E-state index in [0.29, 0.717) is 28.2 Å². The van der Waals surface area contributed by atoms with Crippen LogP contribution >= 0.6 is 11.8 Å². The molecule has 0 bridgehead atoms. The summed E-state index contributed by atoms with van der Waals surface area (Å²) in [5.41, 5.74) is 2.83. The van der Waals surface area contributed by atoms with Crippen LogP contribution in [0.25, 0.3) is 10.9 Å². The molecule has 30 heavy (non-hydrogen) atoms. The lowest BCUT2D eigenvalue weighted by atomic mass is 10.1. The van der Waals surface area contributed by atoms with Crippen molar-refractivity contribution in [3.05, 3.63) is 64.4 Å². The van der Waals surface area contributed by atoms with Crippen LogP contribution in [0.15, 0.2) is 58.5 Å². The van der Waals surface area contributed by atoms with Crippen molar-refractivity contribution in [2.75, 3.05) is 24.7 Å². The summed E-state index contributed by atoms with van der Waals surface area (Å²) in [5.74, 6) is 0.449. The van der Waals surface area contributed by atoms with Crippen molar-refractivity contribution in [1.29, 1.82) is 0 Å². The Morgan fingerprint density at radius 1 is 1.10 bits per heavy atom. The van der Waals surface area contributed by atoms with Crippen LogP contribution in [0.1, 0.15) is 37.3 Å². The minimum Gasteiger partial charge on any atom is -0.378 e. The molecule has 6 heteroatoms. The van der Waals surface area contributed by atoms with E-state index in [1.807, 2.05) is 72.1 Å². The van der Waals surface area contributed by atoms with Crippen LogP contribution in [-0.2, 0) is 11.2 Å². The molecule has 0 unspecified atom stereocenters. The number of hydrogen-bond acceptors (Lipinski definition) is 5. The standard InChI is InChI=1S/C24H27N3O2S/c1-26(2)18-13-11-17(12-14-18)15-20(28)16-30-24-25-22-10-6-5-9-21(22)23(29)27(24)19-7-3-4-8-19/h5-6,9-14,19H,3-4,7-8,15-16H2,1-2H3. The number of ketones is 1. The number of carbonyl (C=O) groups excluding carboxylic acids is 1. The van der Waals surface area contributed by atoms with Gasteiger partial charge in [-0.05, 0) is 42.7 Å². The fourth-order valence-corrected chi connectivity index (χ4v) is 4.97. The maximum atomic E-state index is 13.2. The van der Waals surface area contributed by atoms with Crippen molar-refractivity contribution in [2.45, 2.75) is 43.3 Å². The van der Waals surface area contributed by atoms with E-state index < -0.39 is 0 Å². The van der Waals surface area contributed by atoms with E-state index in [1.165, 1.54) is 11.8 Å². The molecule has 5 nitrogen and oxygen atoms in total. The third kappa shape index (κ3) is 4.43. The zero-order valence-electron chi connectivity index (χ0n) is 17.5. The van der Waals surface area contributed by atoms with Gasteiger partial charge in [0.1, 0.15) is 5.78 Å².